The quantitative estimate of drug-likeness (QED) is 0.740. The molecule has 1 aromatic carbocycles. The van der Waals surface area contributed by atoms with Crippen molar-refractivity contribution in [1.82, 2.24) is 0 Å². The standard InChI is InChI=1S/C16H18ClN/c17-15-4-1-3-12(10-15)13-5-6-14(9-13)16(11-18)7-2-8-16/h1,3-4,10,13-14H,2,5-9H2/t13-,14+/m1/s1. The predicted molar refractivity (Wildman–Crippen MR) is 73.4 cm³/mol. The highest BCUT2D eigenvalue weighted by molar-refractivity contribution is 6.30. The van der Waals surface area contributed by atoms with Crippen LogP contribution in [0.4, 0.5) is 0 Å². The molecule has 2 saturated carbocycles. The Kier molecular flexibility index (Phi) is 3.08. The summed E-state index contributed by atoms with van der Waals surface area (Å²) < 4.78 is 0. The minimum Gasteiger partial charge on any atom is -0.198 e. The summed E-state index contributed by atoms with van der Waals surface area (Å²) in [5, 5.41) is 10.3. The van der Waals surface area contributed by atoms with E-state index >= 15 is 0 Å². The van der Waals surface area contributed by atoms with Crippen molar-refractivity contribution < 1.29 is 0 Å². The maximum atomic E-state index is 9.43. The zero-order valence-electron chi connectivity index (χ0n) is 10.5. The predicted octanol–water partition coefficient (Wildman–Crippen LogP) is 4.92. The Bertz CT molecular complexity index is 484. The van der Waals surface area contributed by atoms with E-state index in [1.807, 2.05) is 12.1 Å². The summed E-state index contributed by atoms with van der Waals surface area (Å²) in [5.41, 5.74) is 1.38. The van der Waals surface area contributed by atoms with E-state index in [1.165, 1.54) is 31.2 Å². The van der Waals surface area contributed by atoms with Crippen molar-refractivity contribution in [3.05, 3.63) is 34.9 Å². The first kappa shape index (κ1) is 12.1. The topological polar surface area (TPSA) is 23.8 Å². The zero-order valence-corrected chi connectivity index (χ0v) is 11.3. The average molecular weight is 260 g/mol. The van der Waals surface area contributed by atoms with Crippen molar-refractivity contribution in [2.24, 2.45) is 11.3 Å². The molecule has 0 aliphatic heterocycles. The number of hydrogen-bond acceptors (Lipinski definition) is 1. The summed E-state index contributed by atoms with van der Waals surface area (Å²) in [5.74, 6) is 1.22. The molecular formula is C16H18ClN. The van der Waals surface area contributed by atoms with Crippen LogP contribution in [-0.2, 0) is 0 Å². The molecule has 0 radical (unpaired) electrons. The van der Waals surface area contributed by atoms with Crippen LogP contribution in [0, 0.1) is 22.7 Å². The zero-order chi connectivity index (χ0) is 12.6. The third kappa shape index (κ3) is 1.93. The molecule has 3 rings (SSSR count). The molecule has 2 heteroatoms. The Morgan fingerprint density at radius 1 is 1.28 bits per heavy atom. The van der Waals surface area contributed by atoms with Gasteiger partial charge in [-0.3, -0.25) is 0 Å². The van der Waals surface area contributed by atoms with Crippen molar-refractivity contribution in [3.8, 4) is 6.07 Å². The Labute approximate surface area is 114 Å². The van der Waals surface area contributed by atoms with Crippen LogP contribution in [0.15, 0.2) is 24.3 Å². The Hall–Kier alpha value is -1.00. The van der Waals surface area contributed by atoms with E-state index in [4.69, 9.17) is 11.6 Å². The Morgan fingerprint density at radius 3 is 2.72 bits per heavy atom. The molecule has 0 bridgehead atoms. The van der Waals surface area contributed by atoms with Crippen LogP contribution in [0.1, 0.15) is 50.0 Å². The highest BCUT2D eigenvalue weighted by Gasteiger charge is 2.47. The van der Waals surface area contributed by atoms with Crippen molar-refractivity contribution in [2.75, 3.05) is 0 Å². The molecular weight excluding hydrogens is 242 g/mol. The molecule has 2 aliphatic carbocycles. The van der Waals surface area contributed by atoms with Gasteiger partial charge in [-0.05, 0) is 61.6 Å². The molecule has 2 atom stereocenters. The molecule has 0 N–H and O–H groups in total. The lowest BCUT2D eigenvalue weighted by molar-refractivity contribution is 0.120. The number of nitriles is 1. The molecule has 0 unspecified atom stereocenters. The van der Waals surface area contributed by atoms with Crippen molar-refractivity contribution in [1.29, 1.82) is 5.26 Å². The van der Waals surface area contributed by atoms with E-state index in [-0.39, 0.29) is 5.41 Å². The summed E-state index contributed by atoms with van der Waals surface area (Å²) in [6, 6.07) is 10.9. The molecule has 0 aromatic heterocycles. The van der Waals surface area contributed by atoms with Crippen LogP contribution in [0.5, 0.6) is 0 Å². The number of halogens is 1. The molecule has 1 aromatic rings. The van der Waals surface area contributed by atoms with E-state index in [9.17, 15) is 5.26 Å². The lowest BCUT2D eigenvalue weighted by Crippen LogP contribution is -2.34. The SMILES string of the molecule is N#CC1([C@H]2CC[C@@H](c3cccc(Cl)c3)C2)CCC1. The first-order valence-corrected chi connectivity index (χ1v) is 7.28. The molecule has 0 saturated heterocycles. The van der Waals surface area contributed by atoms with Gasteiger partial charge < -0.3 is 0 Å². The first-order valence-electron chi connectivity index (χ1n) is 6.90. The normalized spacial score (nSPS) is 29.6. The summed E-state index contributed by atoms with van der Waals surface area (Å²) in [4.78, 5) is 0. The van der Waals surface area contributed by atoms with Gasteiger partial charge in [0.2, 0.25) is 0 Å². The maximum absolute atomic E-state index is 9.43. The lowest BCUT2D eigenvalue weighted by atomic mass is 9.61. The minimum atomic E-state index is 0.0212. The molecule has 0 amide bonds. The largest absolute Gasteiger partial charge is 0.198 e. The second kappa shape index (κ2) is 4.59. The highest BCUT2D eigenvalue weighted by Crippen LogP contribution is 2.55. The Morgan fingerprint density at radius 2 is 2.11 bits per heavy atom. The van der Waals surface area contributed by atoms with E-state index in [1.54, 1.807) is 0 Å². The van der Waals surface area contributed by atoms with Crippen LogP contribution >= 0.6 is 11.6 Å². The van der Waals surface area contributed by atoms with Crippen molar-refractivity contribution in [3.63, 3.8) is 0 Å². The highest BCUT2D eigenvalue weighted by atomic mass is 35.5. The van der Waals surface area contributed by atoms with Crippen LogP contribution in [-0.4, -0.2) is 0 Å². The van der Waals surface area contributed by atoms with Gasteiger partial charge in [0.15, 0.2) is 0 Å². The fourth-order valence-electron chi connectivity index (χ4n) is 3.72. The number of hydrogen-bond donors (Lipinski definition) is 0. The second-order valence-electron chi connectivity index (χ2n) is 5.88. The molecule has 2 aliphatic rings. The minimum absolute atomic E-state index is 0.0212. The second-order valence-corrected chi connectivity index (χ2v) is 6.32. The van der Waals surface area contributed by atoms with Gasteiger partial charge in [-0.15, -0.1) is 0 Å². The van der Waals surface area contributed by atoms with Gasteiger partial charge in [-0.25, -0.2) is 0 Å². The number of rotatable bonds is 2. The maximum Gasteiger partial charge on any atom is 0.0692 e. The van der Waals surface area contributed by atoms with Gasteiger partial charge in [0.05, 0.1) is 11.5 Å². The third-order valence-electron chi connectivity index (χ3n) is 5.00. The van der Waals surface area contributed by atoms with Gasteiger partial charge in [-0.1, -0.05) is 30.2 Å². The first-order chi connectivity index (χ1) is 8.73. The number of nitrogens with zero attached hydrogens (tertiary/aromatic N) is 1. The Balaban J connectivity index is 1.74. The lowest BCUT2D eigenvalue weighted by Gasteiger charge is -2.40. The van der Waals surface area contributed by atoms with Crippen LogP contribution < -0.4 is 0 Å². The summed E-state index contributed by atoms with van der Waals surface area (Å²) in [6.45, 7) is 0. The fourth-order valence-corrected chi connectivity index (χ4v) is 3.91. The summed E-state index contributed by atoms with van der Waals surface area (Å²) in [6.07, 6.45) is 7.09. The van der Waals surface area contributed by atoms with Crippen molar-refractivity contribution in [2.45, 2.75) is 44.4 Å². The molecule has 1 nitrogen and oxygen atoms in total. The van der Waals surface area contributed by atoms with Crippen LogP contribution in [0.2, 0.25) is 5.02 Å². The summed E-state index contributed by atoms with van der Waals surface area (Å²) in [7, 11) is 0. The van der Waals surface area contributed by atoms with Gasteiger partial charge in [0, 0.05) is 5.02 Å². The van der Waals surface area contributed by atoms with E-state index < -0.39 is 0 Å². The third-order valence-corrected chi connectivity index (χ3v) is 5.24. The van der Waals surface area contributed by atoms with Crippen molar-refractivity contribution >= 4 is 11.6 Å². The van der Waals surface area contributed by atoms with Gasteiger partial charge in [-0.2, -0.15) is 5.26 Å². The van der Waals surface area contributed by atoms with Gasteiger partial charge in [0.1, 0.15) is 0 Å². The smallest absolute Gasteiger partial charge is 0.0692 e. The van der Waals surface area contributed by atoms with Gasteiger partial charge >= 0.3 is 0 Å². The molecule has 18 heavy (non-hydrogen) atoms. The fraction of sp³-hybridized carbons (Fsp3) is 0.562. The monoisotopic (exact) mass is 259 g/mol. The van der Waals surface area contributed by atoms with Crippen LogP contribution in [0.3, 0.4) is 0 Å². The molecule has 0 spiro atoms. The van der Waals surface area contributed by atoms with E-state index in [0.717, 1.165) is 17.9 Å². The molecule has 94 valence electrons. The average Bonchev–Trinajstić information content (AvgIpc) is 2.78. The van der Waals surface area contributed by atoms with E-state index in [0.29, 0.717) is 11.8 Å². The van der Waals surface area contributed by atoms with E-state index in [2.05, 4.69) is 18.2 Å². The number of benzene rings is 1. The van der Waals surface area contributed by atoms with Gasteiger partial charge in [0.25, 0.3) is 0 Å². The summed E-state index contributed by atoms with van der Waals surface area (Å²) >= 11 is 6.06. The molecule has 0 heterocycles. The molecule has 2 fully saturated rings. The van der Waals surface area contributed by atoms with Crippen LogP contribution in [0.25, 0.3) is 0 Å².